The van der Waals surface area contributed by atoms with E-state index in [1.54, 1.807) is 0 Å². The van der Waals surface area contributed by atoms with Crippen molar-refractivity contribution < 1.29 is 9.31 Å². The minimum atomic E-state index is -0.605. The summed E-state index contributed by atoms with van der Waals surface area (Å²) in [5.41, 5.74) is 0.112. The summed E-state index contributed by atoms with van der Waals surface area (Å²) < 4.78 is 12.9. The molecule has 0 unspecified atom stereocenters. The van der Waals surface area contributed by atoms with Crippen LogP contribution in [0.3, 0.4) is 0 Å². The van der Waals surface area contributed by atoms with Crippen molar-refractivity contribution in [3.8, 4) is 0 Å². The lowest BCUT2D eigenvalue weighted by atomic mass is 10.2. The van der Waals surface area contributed by atoms with E-state index in [4.69, 9.17) is 0 Å². The van der Waals surface area contributed by atoms with Gasteiger partial charge in [-0.1, -0.05) is 0 Å². The lowest BCUT2D eigenvalue weighted by Gasteiger charge is -2.21. The lowest BCUT2D eigenvalue weighted by Crippen LogP contribution is -2.31. The Morgan fingerprint density at radius 1 is 1.50 bits per heavy atom. The van der Waals surface area contributed by atoms with Crippen LogP contribution in [-0.2, 0) is 0 Å². The molecule has 0 heterocycles. The second kappa shape index (κ2) is 6.30. The summed E-state index contributed by atoms with van der Waals surface area (Å²) in [4.78, 5) is 12.3. The van der Waals surface area contributed by atoms with Crippen molar-refractivity contribution in [2.24, 2.45) is 0 Å². The maximum atomic E-state index is 12.9. The molecule has 6 heteroatoms. The van der Waals surface area contributed by atoms with Crippen molar-refractivity contribution in [2.45, 2.75) is 19.9 Å². The van der Waals surface area contributed by atoms with Crippen LogP contribution in [0.25, 0.3) is 0 Å². The Morgan fingerprint density at radius 2 is 2.17 bits per heavy atom. The molecule has 0 amide bonds. The number of rotatable bonds is 6. The van der Waals surface area contributed by atoms with Gasteiger partial charge in [0.2, 0.25) is 0 Å². The highest BCUT2D eigenvalue weighted by Gasteiger charge is 2.14. The van der Waals surface area contributed by atoms with E-state index in [-0.39, 0.29) is 5.69 Å². The second-order valence-electron chi connectivity index (χ2n) is 4.42. The zero-order valence-corrected chi connectivity index (χ0v) is 10.8. The molecule has 0 spiro atoms. The molecule has 0 radical (unpaired) electrons. The van der Waals surface area contributed by atoms with Crippen molar-refractivity contribution in [3.63, 3.8) is 0 Å². The number of benzene rings is 1. The number of likely N-dealkylation sites (N-methyl/N-ethyl adjacent to an activating group) is 1. The van der Waals surface area contributed by atoms with E-state index in [1.807, 2.05) is 7.05 Å². The van der Waals surface area contributed by atoms with Crippen molar-refractivity contribution in [1.82, 2.24) is 4.90 Å². The summed E-state index contributed by atoms with van der Waals surface area (Å²) in [7, 11) is 1.98. The number of hydrogen-bond acceptors (Lipinski definition) is 4. The van der Waals surface area contributed by atoms with Gasteiger partial charge in [0.25, 0.3) is 5.69 Å². The van der Waals surface area contributed by atoms with Gasteiger partial charge in [-0.25, -0.2) is 4.39 Å². The van der Waals surface area contributed by atoms with Crippen LogP contribution in [0.1, 0.15) is 13.8 Å². The molecule has 1 N–H and O–H groups in total. The van der Waals surface area contributed by atoms with Gasteiger partial charge in [-0.2, -0.15) is 0 Å². The average Bonchev–Trinajstić information content (AvgIpc) is 2.30. The fourth-order valence-corrected chi connectivity index (χ4v) is 1.43. The van der Waals surface area contributed by atoms with Crippen LogP contribution in [0.5, 0.6) is 0 Å². The molecule has 100 valence electrons. The highest BCUT2D eigenvalue weighted by Crippen LogP contribution is 2.24. The van der Waals surface area contributed by atoms with E-state index in [1.165, 1.54) is 12.1 Å². The Balaban J connectivity index is 2.65. The number of halogens is 1. The largest absolute Gasteiger partial charge is 0.378 e. The Kier molecular flexibility index (Phi) is 5.03. The maximum absolute atomic E-state index is 12.9. The van der Waals surface area contributed by atoms with Gasteiger partial charge in [0, 0.05) is 19.1 Å². The first-order chi connectivity index (χ1) is 8.41. The molecule has 0 aromatic heterocycles. The summed E-state index contributed by atoms with van der Waals surface area (Å²) in [6.07, 6.45) is 0. The number of nitrogens with zero attached hydrogens (tertiary/aromatic N) is 2. The van der Waals surface area contributed by atoms with Crippen LogP contribution in [-0.4, -0.2) is 36.0 Å². The summed E-state index contributed by atoms with van der Waals surface area (Å²) in [6.45, 7) is 5.47. The molecule has 18 heavy (non-hydrogen) atoms. The minimum Gasteiger partial charge on any atom is -0.378 e. The first-order valence-electron chi connectivity index (χ1n) is 5.80. The van der Waals surface area contributed by atoms with E-state index < -0.39 is 10.7 Å². The third kappa shape index (κ3) is 3.96. The lowest BCUT2D eigenvalue weighted by molar-refractivity contribution is -0.384. The number of hydrogen-bond donors (Lipinski definition) is 1. The smallest absolute Gasteiger partial charge is 0.295 e. The summed E-state index contributed by atoms with van der Waals surface area (Å²) in [5.74, 6) is -0.605. The van der Waals surface area contributed by atoms with Gasteiger partial charge in [-0.15, -0.1) is 0 Å². The van der Waals surface area contributed by atoms with Crippen molar-refractivity contribution >= 4 is 11.4 Å². The molecule has 0 aliphatic carbocycles. The van der Waals surface area contributed by atoms with Gasteiger partial charge < -0.3 is 10.2 Å². The average molecular weight is 255 g/mol. The van der Waals surface area contributed by atoms with E-state index in [0.29, 0.717) is 18.3 Å². The zero-order valence-electron chi connectivity index (χ0n) is 10.8. The Bertz CT molecular complexity index is 424. The number of nitrogens with one attached hydrogen (secondary N) is 1. The maximum Gasteiger partial charge on any atom is 0.295 e. The first-order valence-corrected chi connectivity index (χ1v) is 5.80. The predicted octanol–water partition coefficient (Wildman–Crippen LogP) is 2.49. The molecule has 0 saturated carbocycles. The van der Waals surface area contributed by atoms with Gasteiger partial charge in [0.15, 0.2) is 0 Å². The van der Waals surface area contributed by atoms with E-state index in [2.05, 4.69) is 24.1 Å². The topological polar surface area (TPSA) is 58.4 Å². The van der Waals surface area contributed by atoms with Crippen molar-refractivity contribution in [3.05, 3.63) is 34.1 Å². The van der Waals surface area contributed by atoms with Crippen molar-refractivity contribution in [2.75, 3.05) is 25.5 Å². The third-order valence-corrected chi connectivity index (χ3v) is 2.82. The van der Waals surface area contributed by atoms with Crippen molar-refractivity contribution in [1.29, 1.82) is 0 Å². The highest BCUT2D eigenvalue weighted by atomic mass is 19.1. The molecular formula is C12H18FN3O2. The summed E-state index contributed by atoms with van der Waals surface area (Å²) in [5, 5.41) is 13.7. The van der Waals surface area contributed by atoms with Gasteiger partial charge in [0.05, 0.1) is 11.0 Å². The Hall–Kier alpha value is -1.69. The fourth-order valence-electron chi connectivity index (χ4n) is 1.43. The molecule has 0 saturated heterocycles. The van der Waals surface area contributed by atoms with Gasteiger partial charge in [-0.3, -0.25) is 10.1 Å². The Morgan fingerprint density at radius 3 is 2.72 bits per heavy atom. The molecule has 0 aliphatic heterocycles. The minimum absolute atomic E-state index is 0.234. The van der Waals surface area contributed by atoms with Gasteiger partial charge in [0.1, 0.15) is 11.5 Å². The molecular weight excluding hydrogens is 237 g/mol. The number of nitro groups is 1. The molecule has 0 atom stereocenters. The monoisotopic (exact) mass is 255 g/mol. The molecule has 1 aromatic carbocycles. The van der Waals surface area contributed by atoms with Crippen LogP contribution in [0.4, 0.5) is 15.8 Å². The summed E-state index contributed by atoms with van der Waals surface area (Å²) in [6, 6.07) is 3.94. The standard InChI is InChI=1S/C12H18FN3O2/c1-9(2)15(3)7-6-14-11-5-4-10(13)8-12(11)16(17)18/h4-5,8-9,14H,6-7H2,1-3H3. The van der Waals surface area contributed by atoms with Crippen LogP contribution in [0.2, 0.25) is 0 Å². The molecule has 1 aromatic rings. The molecule has 1 rings (SSSR count). The van der Waals surface area contributed by atoms with Crippen LogP contribution < -0.4 is 5.32 Å². The number of anilines is 1. The van der Waals surface area contributed by atoms with E-state index in [0.717, 1.165) is 12.6 Å². The fraction of sp³-hybridized carbons (Fsp3) is 0.500. The Labute approximate surface area is 106 Å². The first kappa shape index (κ1) is 14.4. The predicted molar refractivity (Wildman–Crippen MR) is 69.3 cm³/mol. The summed E-state index contributed by atoms with van der Waals surface area (Å²) >= 11 is 0. The van der Waals surface area contributed by atoms with Gasteiger partial charge >= 0.3 is 0 Å². The zero-order chi connectivity index (χ0) is 13.7. The van der Waals surface area contributed by atoms with Crippen LogP contribution >= 0.6 is 0 Å². The van der Waals surface area contributed by atoms with Crippen LogP contribution in [0.15, 0.2) is 18.2 Å². The van der Waals surface area contributed by atoms with Gasteiger partial charge in [-0.05, 0) is 33.0 Å². The number of nitro benzene ring substituents is 1. The molecule has 0 fully saturated rings. The molecule has 0 aliphatic rings. The normalized spacial score (nSPS) is 11.0. The quantitative estimate of drug-likeness (QED) is 0.626. The SMILES string of the molecule is CC(C)N(C)CCNc1ccc(F)cc1[N+](=O)[O-]. The second-order valence-corrected chi connectivity index (χ2v) is 4.42. The van der Waals surface area contributed by atoms with Crippen LogP contribution in [0, 0.1) is 15.9 Å². The molecule has 5 nitrogen and oxygen atoms in total. The third-order valence-electron chi connectivity index (χ3n) is 2.82. The molecule has 0 bridgehead atoms. The van der Waals surface area contributed by atoms with E-state index >= 15 is 0 Å². The van der Waals surface area contributed by atoms with E-state index in [9.17, 15) is 14.5 Å². The highest BCUT2D eigenvalue weighted by molar-refractivity contribution is 5.61.